The predicted octanol–water partition coefficient (Wildman–Crippen LogP) is 3.51. The van der Waals surface area contributed by atoms with E-state index in [0.29, 0.717) is 22.7 Å². The molecule has 2 amide bonds. The van der Waals surface area contributed by atoms with E-state index in [1.165, 1.54) is 0 Å². The van der Waals surface area contributed by atoms with Crippen LogP contribution in [-0.4, -0.2) is 28.9 Å². The van der Waals surface area contributed by atoms with Crippen LogP contribution < -0.4 is 10.6 Å². The summed E-state index contributed by atoms with van der Waals surface area (Å²) in [5.74, 6) is -0.301. The fraction of sp³-hybridized carbons (Fsp3) is 0.350. The standard InChI is InChI=1S/C20H22ClN3O2/c1-13-8-9-22-18(10-13)20(26)24-17-7-3-6-16(12-17)23-19(25)14-4-2-5-15(21)11-14/h2,4-5,8-11,16-17H,3,6-7,12H2,1H3,(H,23,25)(H,24,26)/t16-,17-/m1/s1. The van der Waals surface area contributed by atoms with Crippen molar-refractivity contribution < 1.29 is 9.59 Å². The number of benzene rings is 1. The van der Waals surface area contributed by atoms with Gasteiger partial charge in [0.15, 0.2) is 0 Å². The molecule has 1 fully saturated rings. The van der Waals surface area contributed by atoms with E-state index in [2.05, 4.69) is 15.6 Å². The average Bonchev–Trinajstić information content (AvgIpc) is 2.62. The average molecular weight is 372 g/mol. The number of nitrogens with zero attached hydrogens (tertiary/aromatic N) is 1. The van der Waals surface area contributed by atoms with Crippen molar-refractivity contribution in [2.75, 3.05) is 0 Å². The molecule has 1 aromatic carbocycles. The van der Waals surface area contributed by atoms with E-state index >= 15 is 0 Å². The zero-order chi connectivity index (χ0) is 18.5. The number of carbonyl (C=O) groups excluding carboxylic acids is 2. The van der Waals surface area contributed by atoms with E-state index in [4.69, 9.17) is 11.6 Å². The smallest absolute Gasteiger partial charge is 0.270 e. The number of halogens is 1. The minimum Gasteiger partial charge on any atom is -0.349 e. The highest BCUT2D eigenvalue weighted by Crippen LogP contribution is 2.20. The summed E-state index contributed by atoms with van der Waals surface area (Å²) in [4.78, 5) is 28.9. The molecule has 5 nitrogen and oxygen atoms in total. The van der Waals surface area contributed by atoms with Crippen LogP contribution >= 0.6 is 11.6 Å². The van der Waals surface area contributed by atoms with Gasteiger partial charge in [-0.1, -0.05) is 17.7 Å². The van der Waals surface area contributed by atoms with Gasteiger partial charge in [-0.05, 0) is 68.5 Å². The molecule has 1 aromatic heterocycles. The molecule has 0 bridgehead atoms. The van der Waals surface area contributed by atoms with E-state index in [1.807, 2.05) is 13.0 Å². The molecular formula is C20H22ClN3O2. The molecule has 0 aliphatic heterocycles. The number of pyridine rings is 1. The molecule has 3 rings (SSSR count). The largest absolute Gasteiger partial charge is 0.349 e. The summed E-state index contributed by atoms with van der Waals surface area (Å²) in [6, 6.07) is 10.6. The molecule has 0 saturated heterocycles. The Balaban J connectivity index is 1.57. The number of amides is 2. The summed E-state index contributed by atoms with van der Waals surface area (Å²) in [6.07, 6.45) is 5.11. The number of rotatable bonds is 4. The SMILES string of the molecule is Cc1ccnc(C(=O)N[C@@H]2CCC[C@@H](NC(=O)c3cccc(Cl)c3)C2)c1. The molecule has 1 aliphatic rings. The van der Waals surface area contributed by atoms with Gasteiger partial charge in [0.25, 0.3) is 11.8 Å². The zero-order valence-electron chi connectivity index (χ0n) is 14.7. The fourth-order valence-corrected chi connectivity index (χ4v) is 3.46. The van der Waals surface area contributed by atoms with Crippen molar-refractivity contribution in [3.05, 3.63) is 64.4 Å². The quantitative estimate of drug-likeness (QED) is 0.863. The summed E-state index contributed by atoms with van der Waals surface area (Å²) in [7, 11) is 0. The summed E-state index contributed by atoms with van der Waals surface area (Å²) in [6.45, 7) is 1.93. The van der Waals surface area contributed by atoms with Crippen LogP contribution in [-0.2, 0) is 0 Å². The highest BCUT2D eigenvalue weighted by atomic mass is 35.5. The van der Waals surface area contributed by atoms with Gasteiger partial charge in [-0.3, -0.25) is 14.6 Å². The Kier molecular flexibility index (Phi) is 5.89. The number of hydrogen-bond acceptors (Lipinski definition) is 3. The number of aromatic nitrogens is 1. The first-order valence-corrected chi connectivity index (χ1v) is 9.19. The van der Waals surface area contributed by atoms with Crippen LogP contribution in [0.1, 0.15) is 52.1 Å². The summed E-state index contributed by atoms with van der Waals surface area (Å²) >= 11 is 5.95. The Morgan fingerprint density at radius 2 is 1.81 bits per heavy atom. The van der Waals surface area contributed by atoms with Gasteiger partial charge in [0.1, 0.15) is 5.69 Å². The molecule has 0 unspecified atom stereocenters. The first kappa shape index (κ1) is 18.4. The Labute approximate surface area is 158 Å². The van der Waals surface area contributed by atoms with Gasteiger partial charge in [0, 0.05) is 28.9 Å². The fourth-order valence-electron chi connectivity index (χ4n) is 3.27. The van der Waals surface area contributed by atoms with E-state index in [0.717, 1.165) is 24.8 Å². The molecular weight excluding hydrogens is 350 g/mol. The third-order valence-corrected chi connectivity index (χ3v) is 4.81. The maximum absolute atomic E-state index is 12.4. The van der Waals surface area contributed by atoms with Crippen molar-refractivity contribution in [3.63, 3.8) is 0 Å². The minimum atomic E-state index is -0.166. The zero-order valence-corrected chi connectivity index (χ0v) is 15.4. The van der Waals surface area contributed by atoms with Crippen molar-refractivity contribution in [2.24, 2.45) is 0 Å². The molecule has 2 aromatic rings. The maximum Gasteiger partial charge on any atom is 0.270 e. The molecule has 1 heterocycles. The van der Waals surface area contributed by atoms with Gasteiger partial charge in [-0.15, -0.1) is 0 Å². The molecule has 26 heavy (non-hydrogen) atoms. The van der Waals surface area contributed by atoms with Crippen molar-refractivity contribution in [3.8, 4) is 0 Å². The van der Waals surface area contributed by atoms with E-state index in [1.54, 1.807) is 36.5 Å². The van der Waals surface area contributed by atoms with E-state index in [9.17, 15) is 9.59 Å². The van der Waals surface area contributed by atoms with Crippen molar-refractivity contribution >= 4 is 23.4 Å². The van der Waals surface area contributed by atoms with Gasteiger partial charge >= 0.3 is 0 Å². The van der Waals surface area contributed by atoms with Crippen LogP contribution in [0.5, 0.6) is 0 Å². The molecule has 136 valence electrons. The topological polar surface area (TPSA) is 71.1 Å². The number of carbonyl (C=O) groups is 2. The van der Waals surface area contributed by atoms with Crippen LogP contribution in [0.2, 0.25) is 5.02 Å². The van der Waals surface area contributed by atoms with E-state index < -0.39 is 0 Å². The van der Waals surface area contributed by atoms with Gasteiger partial charge in [0.05, 0.1) is 0 Å². The van der Waals surface area contributed by atoms with Gasteiger partial charge in [-0.2, -0.15) is 0 Å². The maximum atomic E-state index is 12.4. The lowest BCUT2D eigenvalue weighted by atomic mass is 9.90. The second-order valence-corrected chi connectivity index (χ2v) is 7.17. The summed E-state index contributed by atoms with van der Waals surface area (Å²) in [5.41, 5.74) is 1.98. The first-order chi connectivity index (χ1) is 12.5. The minimum absolute atomic E-state index is 0.0308. The van der Waals surface area contributed by atoms with Gasteiger partial charge < -0.3 is 10.6 Å². The Bertz CT molecular complexity index is 744. The highest BCUT2D eigenvalue weighted by Gasteiger charge is 2.25. The predicted molar refractivity (Wildman–Crippen MR) is 101 cm³/mol. The Hall–Kier alpha value is -2.40. The van der Waals surface area contributed by atoms with Crippen LogP contribution in [0.3, 0.4) is 0 Å². The lowest BCUT2D eigenvalue weighted by Gasteiger charge is -2.30. The third-order valence-electron chi connectivity index (χ3n) is 4.58. The molecule has 0 spiro atoms. The van der Waals surface area contributed by atoms with Crippen molar-refractivity contribution in [2.45, 2.75) is 44.7 Å². The van der Waals surface area contributed by atoms with Crippen molar-refractivity contribution in [1.82, 2.24) is 15.6 Å². The highest BCUT2D eigenvalue weighted by molar-refractivity contribution is 6.30. The Morgan fingerprint density at radius 3 is 2.50 bits per heavy atom. The normalized spacial score (nSPS) is 19.6. The molecule has 6 heteroatoms. The second-order valence-electron chi connectivity index (χ2n) is 6.74. The Morgan fingerprint density at radius 1 is 1.08 bits per heavy atom. The first-order valence-electron chi connectivity index (χ1n) is 8.81. The van der Waals surface area contributed by atoms with Crippen LogP contribution in [0.15, 0.2) is 42.6 Å². The third kappa shape index (κ3) is 4.82. The lowest BCUT2D eigenvalue weighted by molar-refractivity contribution is 0.0900. The number of hydrogen-bond donors (Lipinski definition) is 2. The molecule has 0 radical (unpaired) electrons. The number of aryl methyl sites for hydroxylation is 1. The molecule has 2 N–H and O–H groups in total. The lowest BCUT2D eigenvalue weighted by Crippen LogP contribution is -2.45. The van der Waals surface area contributed by atoms with Crippen LogP contribution in [0.25, 0.3) is 0 Å². The van der Waals surface area contributed by atoms with Gasteiger partial charge in [-0.25, -0.2) is 0 Å². The van der Waals surface area contributed by atoms with E-state index in [-0.39, 0.29) is 23.9 Å². The molecule has 1 saturated carbocycles. The van der Waals surface area contributed by atoms with Crippen LogP contribution in [0.4, 0.5) is 0 Å². The van der Waals surface area contributed by atoms with Crippen molar-refractivity contribution in [1.29, 1.82) is 0 Å². The number of nitrogens with one attached hydrogen (secondary N) is 2. The second kappa shape index (κ2) is 8.32. The molecule has 1 aliphatic carbocycles. The van der Waals surface area contributed by atoms with Crippen LogP contribution in [0, 0.1) is 6.92 Å². The summed E-state index contributed by atoms with van der Waals surface area (Å²) in [5, 5.41) is 6.63. The van der Waals surface area contributed by atoms with Gasteiger partial charge in [0.2, 0.25) is 0 Å². The summed E-state index contributed by atoms with van der Waals surface area (Å²) < 4.78 is 0. The molecule has 2 atom stereocenters. The monoisotopic (exact) mass is 371 g/mol.